The van der Waals surface area contributed by atoms with E-state index in [-0.39, 0.29) is 10.8 Å². The molecule has 0 fully saturated rings. The summed E-state index contributed by atoms with van der Waals surface area (Å²) in [7, 11) is 0. The van der Waals surface area contributed by atoms with Gasteiger partial charge in [-0.15, -0.1) is 0 Å². The van der Waals surface area contributed by atoms with Crippen LogP contribution in [0.4, 0.5) is 17.1 Å². The minimum atomic E-state index is -0.180. The molecular weight excluding hydrogens is 583 g/mol. The fraction of sp³-hybridized carbons (Fsp3) is 0.130. The Morgan fingerprint density at radius 2 is 1.06 bits per heavy atom. The zero-order chi connectivity index (χ0) is 32.4. The Morgan fingerprint density at radius 1 is 0.458 bits per heavy atom. The van der Waals surface area contributed by atoms with Crippen LogP contribution in [-0.4, -0.2) is 0 Å². The first kappa shape index (κ1) is 27.5. The summed E-state index contributed by atoms with van der Waals surface area (Å²) in [6, 6.07) is 51.0. The summed E-state index contributed by atoms with van der Waals surface area (Å²) in [6.07, 6.45) is 0. The van der Waals surface area contributed by atoms with E-state index in [9.17, 15) is 0 Å². The van der Waals surface area contributed by atoms with Crippen LogP contribution in [0.1, 0.15) is 49.9 Å². The predicted molar refractivity (Wildman–Crippen MR) is 201 cm³/mol. The maximum Gasteiger partial charge on any atom is 0.143 e. The number of benzene rings is 7. The van der Waals surface area contributed by atoms with Crippen molar-refractivity contribution in [3.05, 3.63) is 162 Å². The molecule has 0 unspecified atom stereocenters. The largest absolute Gasteiger partial charge is 0.455 e. The van der Waals surface area contributed by atoms with Gasteiger partial charge in [0.1, 0.15) is 11.2 Å². The van der Waals surface area contributed by atoms with Gasteiger partial charge in [0.2, 0.25) is 0 Å². The first-order valence-electron chi connectivity index (χ1n) is 16.9. The predicted octanol–water partition coefficient (Wildman–Crippen LogP) is 12.8. The number of furan rings is 1. The number of hydrogen-bond acceptors (Lipinski definition) is 2. The number of para-hydroxylation sites is 1. The average molecular weight is 618 g/mol. The Balaban J connectivity index is 1.25. The maximum atomic E-state index is 6.83. The van der Waals surface area contributed by atoms with Crippen LogP contribution in [-0.2, 0) is 10.8 Å². The molecule has 48 heavy (non-hydrogen) atoms. The highest BCUT2D eigenvalue weighted by Crippen LogP contribution is 2.57. The highest BCUT2D eigenvalue weighted by molar-refractivity contribution is 6.23. The minimum Gasteiger partial charge on any atom is -0.455 e. The lowest BCUT2D eigenvalue weighted by molar-refractivity contribution is 0.659. The summed E-state index contributed by atoms with van der Waals surface area (Å²) in [5.74, 6) is 0. The van der Waals surface area contributed by atoms with Gasteiger partial charge in [-0.25, -0.2) is 0 Å². The Hall–Kier alpha value is -5.60. The quantitative estimate of drug-likeness (QED) is 0.196. The third-order valence-corrected chi connectivity index (χ3v) is 11.2. The Labute approximate surface area is 280 Å². The van der Waals surface area contributed by atoms with Crippen molar-refractivity contribution in [2.24, 2.45) is 0 Å². The molecule has 2 nitrogen and oxygen atoms in total. The van der Waals surface area contributed by atoms with Crippen LogP contribution in [0.25, 0.3) is 55.0 Å². The van der Waals surface area contributed by atoms with E-state index in [4.69, 9.17) is 4.42 Å². The second-order valence-electron chi connectivity index (χ2n) is 14.5. The second kappa shape index (κ2) is 9.49. The fourth-order valence-corrected chi connectivity index (χ4v) is 8.96. The van der Waals surface area contributed by atoms with Gasteiger partial charge in [0, 0.05) is 44.1 Å². The molecule has 0 bridgehead atoms. The molecule has 0 amide bonds. The first-order chi connectivity index (χ1) is 23.3. The number of nitrogens with zero attached hydrogens (tertiary/aromatic N) is 1. The maximum absolute atomic E-state index is 6.83. The van der Waals surface area contributed by atoms with Crippen molar-refractivity contribution in [3.8, 4) is 22.3 Å². The second-order valence-corrected chi connectivity index (χ2v) is 14.5. The highest BCUT2D eigenvalue weighted by atomic mass is 16.3. The lowest BCUT2D eigenvalue weighted by Crippen LogP contribution is -2.16. The number of anilines is 3. The van der Waals surface area contributed by atoms with Crippen molar-refractivity contribution < 1.29 is 4.42 Å². The van der Waals surface area contributed by atoms with Gasteiger partial charge in [0.05, 0.1) is 0 Å². The average Bonchev–Trinajstić information content (AvgIpc) is 3.69. The van der Waals surface area contributed by atoms with Crippen molar-refractivity contribution in [2.75, 3.05) is 4.90 Å². The van der Waals surface area contributed by atoms with Gasteiger partial charge in [-0.05, 0) is 92.4 Å². The van der Waals surface area contributed by atoms with Crippen molar-refractivity contribution in [3.63, 3.8) is 0 Å². The zero-order valence-corrected chi connectivity index (χ0v) is 27.6. The number of rotatable bonds is 3. The van der Waals surface area contributed by atoms with Crippen LogP contribution in [0.15, 0.2) is 144 Å². The molecule has 7 aromatic carbocycles. The van der Waals surface area contributed by atoms with Gasteiger partial charge >= 0.3 is 0 Å². The fourth-order valence-electron chi connectivity index (χ4n) is 8.96. The molecule has 10 rings (SSSR count). The van der Waals surface area contributed by atoms with Crippen LogP contribution in [0, 0.1) is 0 Å². The molecule has 0 N–H and O–H groups in total. The van der Waals surface area contributed by atoms with Gasteiger partial charge in [-0.3, -0.25) is 0 Å². The number of fused-ring (bicyclic) bond motifs is 13. The molecule has 8 aromatic rings. The van der Waals surface area contributed by atoms with Crippen molar-refractivity contribution in [2.45, 2.75) is 38.5 Å². The van der Waals surface area contributed by atoms with E-state index in [0.717, 1.165) is 39.0 Å². The standard InChI is InChI=1S/C46H35NO/c1-45(2)37-20-12-10-16-31(37)32-24-22-30(27-39(32)45)47(28-14-6-5-7-15-28)29-23-25-40-36(26-29)42-43-41(33-17-8-9-18-34(33)44(42)48-40)35-19-11-13-21-38(35)46(43,3)4/h5-27H,1-4H3. The molecule has 2 aliphatic carbocycles. The van der Waals surface area contributed by atoms with Gasteiger partial charge in [-0.1, -0.05) is 125 Å². The van der Waals surface area contributed by atoms with Crippen LogP contribution in [0.3, 0.4) is 0 Å². The molecule has 230 valence electrons. The summed E-state index contributed by atoms with van der Waals surface area (Å²) in [5.41, 5.74) is 15.8. The highest BCUT2D eigenvalue weighted by Gasteiger charge is 2.40. The lowest BCUT2D eigenvalue weighted by Gasteiger charge is -2.28. The Kier molecular flexibility index (Phi) is 5.44. The van der Waals surface area contributed by atoms with E-state index in [1.807, 2.05) is 0 Å². The summed E-state index contributed by atoms with van der Waals surface area (Å²) in [4.78, 5) is 2.40. The summed E-state index contributed by atoms with van der Waals surface area (Å²) >= 11 is 0. The van der Waals surface area contributed by atoms with E-state index in [1.54, 1.807) is 0 Å². The van der Waals surface area contributed by atoms with E-state index >= 15 is 0 Å². The van der Waals surface area contributed by atoms with Gasteiger partial charge in [0.15, 0.2) is 0 Å². The molecule has 0 saturated carbocycles. The summed E-state index contributed by atoms with van der Waals surface area (Å²) in [6.45, 7) is 9.44. The minimum absolute atomic E-state index is 0.0861. The molecule has 2 aliphatic rings. The Morgan fingerprint density at radius 3 is 1.85 bits per heavy atom. The van der Waals surface area contributed by atoms with Crippen molar-refractivity contribution >= 4 is 49.8 Å². The van der Waals surface area contributed by atoms with Crippen molar-refractivity contribution in [1.82, 2.24) is 0 Å². The lowest BCUT2D eigenvalue weighted by atomic mass is 9.79. The molecule has 0 aliphatic heterocycles. The third-order valence-electron chi connectivity index (χ3n) is 11.2. The molecule has 0 saturated heterocycles. The molecule has 1 heterocycles. The van der Waals surface area contributed by atoms with Gasteiger partial charge in [-0.2, -0.15) is 0 Å². The molecule has 1 aromatic heterocycles. The molecule has 0 radical (unpaired) electrons. The summed E-state index contributed by atoms with van der Waals surface area (Å²) < 4.78 is 6.83. The van der Waals surface area contributed by atoms with E-state index in [1.165, 1.54) is 55.3 Å². The Bertz CT molecular complexity index is 2620. The van der Waals surface area contributed by atoms with E-state index < -0.39 is 0 Å². The molecule has 2 heteroatoms. The van der Waals surface area contributed by atoms with Gasteiger partial charge in [0.25, 0.3) is 0 Å². The topological polar surface area (TPSA) is 16.4 Å². The van der Waals surface area contributed by atoms with Crippen LogP contribution < -0.4 is 4.90 Å². The first-order valence-corrected chi connectivity index (χ1v) is 16.9. The van der Waals surface area contributed by atoms with E-state index in [0.29, 0.717) is 0 Å². The number of hydrogen-bond donors (Lipinski definition) is 0. The SMILES string of the molecule is CC1(C)c2ccccc2-c2ccc(N(c3ccccc3)c3ccc4oc5c6ccccc6c6c(c5c4c3)C(C)(C)c3ccccc3-6)cc21. The zero-order valence-electron chi connectivity index (χ0n) is 27.6. The van der Waals surface area contributed by atoms with Crippen molar-refractivity contribution in [1.29, 1.82) is 0 Å². The third kappa shape index (κ3) is 3.52. The summed E-state index contributed by atoms with van der Waals surface area (Å²) in [5, 5.41) is 4.79. The monoisotopic (exact) mass is 617 g/mol. The van der Waals surface area contributed by atoms with Crippen LogP contribution in [0.2, 0.25) is 0 Å². The van der Waals surface area contributed by atoms with Crippen LogP contribution >= 0.6 is 0 Å². The normalized spacial score (nSPS) is 15.0. The van der Waals surface area contributed by atoms with E-state index in [2.05, 4.69) is 172 Å². The molecule has 0 atom stereocenters. The van der Waals surface area contributed by atoms with Gasteiger partial charge < -0.3 is 9.32 Å². The smallest absolute Gasteiger partial charge is 0.143 e. The molecular formula is C46H35NO. The van der Waals surface area contributed by atoms with Crippen LogP contribution in [0.5, 0.6) is 0 Å². The molecule has 0 spiro atoms.